The summed E-state index contributed by atoms with van der Waals surface area (Å²) in [6, 6.07) is 1.43. The van der Waals surface area contributed by atoms with E-state index in [0.29, 0.717) is 20.9 Å². The number of hydrogen-bond acceptors (Lipinski definition) is 4. The molecule has 11 heteroatoms. The predicted molar refractivity (Wildman–Crippen MR) is 92.2 cm³/mol. The van der Waals surface area contributed by atoms with Crippen molar-refractivity contribution in [3.05, 3.63) is 39.7 Å². The number of alkyl halides is 3. The normalized spacial score (nSPS) is 11.9. The average molecular weight is 426 g/mol. The van der Waals surface area contributed by atoms with Crippen LogP contribution in [0.2, 0.25) is 15.1 Å². The fourth-order valence-corrected chi connectivity index (χ4v) is 2.95. The van der Waals surface area contributed by atoms with Crippen LogP contribution in [0.3, 0.4) is 0 Å². The van der Waals surface area contributed by atoms with Crippen LogP contribution in [0.4, 0.5) is 13.2 Å². The zero-order chi connectivity index (χ0) is 18.9. The summed E-state index contributed by atoms with van der Waals surface area (Å²) >= 11 is 18.1. The predicted octanol–water partition coefficient (Wildman–Crippen LogP) is 5.92. The largest absolute Gasteiger partial charge is 0.420 e. The van der Waals surface area contributed by atoms with Gasteiger partial charge in [0, 0.05) is 18.4 Å². The molecule has 0 atom stereocenters. The third-order valence-corrected chi connectivity index (χ3v) is 4.19. The van der Waals surface area contributed by atoms with Crippen molar-refractivity contribution in [3.8, 4) is 11.8 Å². The van der Waals surface area contributed by atoms with Gasteiger partial charge in [0.25, 0.3) is 0 Å². The van der Waals surface area contributed by atoms with Crippen LogP contribution in [0.15, 0.2) is 24.7 Å². The highest BCUT2D eigenvalue weighted by Gasteiger charge is 2.26. The van der Waals surface area contributed by atoms with E-state index >= 15 is 0 Å². The van der Waals surface area contributed by atoms with Gasteiger partial charge in [0.05, 0.1) is 33.7 Å². The number of nitrogens with zero attached hydrogens (tertiary/aromatic N) is 4. The Morgan fingerprint density at radius 3 is 2.38 bits per heavy atom. The van der Waals surface area contributed by atoms with Gasteiger partial charge in [-0.3, -0.25) is 4.68 Å². The zero-order valence-corrected chi connectivity index (χ0v) is 15.2. The highest BCUT2D eigenvalue weighted by atomic mass is 35.5. The number of ether oxygens (including phenoxy) is 1. The number of aromatic nitrogens is 4. The minimum atomic E-state index is -4.24. The molecular weight excluding hydrogens is 416 g/mol. The van der Waals surface area contributed by atoms with Crippen LogP contribution in [0.25, 0.3) is 10.9 Å². The second kappa shape index (κ2) is 7.46. The first-order valence-corrected chi connectivity index (χ1v) is 8.43. The van der Waals surface area contributed by atoms with Crippen LogP contribution < -0.4 is 4.74 Å². The van der Waals surface area contributed by atoms with Crippen LogP contribution in [0.1, 0.15) is 12.8 Å². The van der Waals surface area contributed by atoms with Crippen LogP contribution in [-0.2, 0) is 6.54 Å². The summed E-state index contributed by atoms with van der Waals surface area (Å²) in [5.41, 5.74) is 0.364. The molecule has 0 saturated carbocycles. The summed E-state index contributed by atoms with van der Waals surface area (Å²) < 4.78 is 44.2. The summed E-state index contributed by atoms with van der Waals surface area (Å²) in [4.78, 5) is 7.83. The highest BCUT2D eigenvalue weighted by Crippen LogP contribution is 2.40. The van der Waals surface area contributed by atoms with Gasteiger partial charge in [-0.15, -0.1) is 0 Å². The summed E-state index contributed by atoms with van der Waals surface area (Å²) in [6.07, 6.45) is -1.20. The standard InChI is InChI=1S/C15H10Cl3F3N4O/c16-8-5-22-14(23-6-8)26-13-11(18)4-10(17)9-7-24-25(12(9)13)3-1-2-15(19,20)21/h4-7H,1-3H2. The fraction of sp³-hybridized carbons (Fsp3) is 0.267. The lowest BCUT2D eigenvalue weighted by Gasteiger charge is -2.12. The minimum Gasteiger partial charge on any atom is -0.420 e. The molecule has 0 bridgehead atoms. The lowest BCUT2D eigenvalue weighted by molar-refractivity contribution is -0.135. The van der Waals surface area contributed by atoms with Gasteiger partial charge in [0.1, 0.15) is 5.52 Å². The Hall–Kier alpha value is -1.77. The average Bonchev–Trinajstić information content (AvgIpc) is 2.96. The number of benzene rings is 1. The van der Waals surface area contributed by atoms with Crippen LogP contribution in [0.5, 0.6) is 11.8 Å². The third kappa shape index (κ3) is 4.31. The minimum absolute atomic E-state index is 0.0114. The van der Waals surface area contributed by atoms with E-state index in [1.165, 1.54) is 29.3 Å². The van der Waals surface area contributed by atoms with Crippen molar-refractivity contribution in [2.75, 3.05) is 0 Å². The van der Waals surface area contributed by atoms with Gasteiger partial charge >= 0.3 is 12.2 Å². The molecule has 3 aromatic rings. The summed E-state index contributed by atoms with van der Waals surface area (Å²) in [5, 5.41) is 5.37. The number of aryl methyl sites for hydroxylation is 1. The maximum atomic E-state index is 12.4. The van der Waals surface area contributed by atoms with Crippen molar-refractivity contribution >= 4 is 45.7 Å². The van der Waals surface area contributed by atoms with Crippen molar-refractivity contribution in [2.45, 2.75) is 25.6 Å². The molecule has 0 aliphatic heterocycles. The van der Waals surface area contributed by atoms with Gasteiger partial charge in [-0.1, -0.05) is 34.8 Å². The maximum absolute atomic E-state index is 12.4. The molecule has 0 unspecified atom stereocenters. The molecule has 5 nitrogen and oxygen atoms in total. The van der Waals surface area contributed by atoms with Crippen LogP contribution in [0, 0.1) is 0 Å². The smallest absolute Gasteiger partial charge is 0.389 e. The molecule has 0 radical (unpaired) electrons. The molecule has 3 rings (SSSR count). The SMILES string of the molecule is FC(F)(F)CCCn1ncc2c(Cl)cc(Cl)c(Oc3ncc(Cl)cn3)c21. The van der Waals surface area contributed by atoms with E-state index in [9.17, 15) is 13.2 Å². The monoisotopic (exact) mass is 424 g/mol. The molecule has 0 spiro atoms. The van der Waals surface area contributed by atoms with E-state index < -0.39 is 12.6 Å². The van der Waals surface area contributed by atoms with Gasteiger partial charge in [0.2, 0.25) is 0 Å². The zero-order valence-electron chi connectivity index (χ0n) is 12.9. The number of fused-ring (bicyclic) bond motifs is 1. The molecule has 0 saturated heterocycles. The number of halogens is 6. The van der Waals surface area contributed by atoms with Crippen LogP contribution in [-0.4, -0.2) is 25.9 Å². The Bertz CT molecular complexity index is 929. The number of hydrogen-bond donors (Lipinski definition) is 0. The van der Waals surface area contributed by atoms with Crippen LogP contribution >= 0.6 is 34.8 Å². The van der Waals surface area contributed by atoms with Crippen molar-refractivity contribution in [1.29, 1.82) is 0 Å². The summed E-state index contributed by atoms with van der Waals surface area (Å²) in [7, 11) is 0. The Morgan fingerprint density at radius 1 is 1.04 bits per heavy atom. The summed E-state index contributed by atoms with van der Waals surface area (Å²) in [5.74, 6) is 0.151. The Labute approximate surface area is 160 Å². The molecule has 0 fully saturated rings. The van der Waals surface area contributed by atoms with Crippen molar-refractivity contribution in [2.24, 2.45) is 0 Å². The molecule has 138 valence electrons. The molecule has 1 aromatic carbocycles. The molecule has 26 heavy (non-hydrogen) atoms. The lowest BCUT2D eigenvalue weighted by atomic mass is 10.2. The first-order valence-electron chi connectivity index (χ1n) is 7.30. The van der Waals surface area contributed by atoms with E-state index in [2.05, 4.69) is 15.1 Å². The van der Waals surface area contributed by atoms with E-state index in [4.69, 9.17) is 39.5 Å². The topological polar surface area (TPSA) is 52.8 Å². The molecule has 2 aromatic heterocycles. The fourth-order valence-electron chi connectivity index (χ4n) is 2.31. The lowest BCUT2D eigenvalue weighted by Crippen LogP contribution is -2.10. The molecule has 0 amide bonds. The van der Waals surface area contributed by atoms with Gasteiger partial charge in [-0.05, 0) is 12.5 Å². The quantitative estimate of drug-likeness (QED) is 0.509. The highest BCUT2D eigenvalue weighted by molar-refractivity contribution is 6.39. The Balaban J connectivity index is 1.98. The second-order valence-electron chi connectivity index (χ2n) is 5.30. The second-order valence-corrected chi connectivity index (χ2v) is 6.55. The van der Waals surface area contributed by atoms with E-state index in [0.717, 1.165) is 0 Å². The Morgan fingerprint density at radius 2 is 1.73 bits per heavy atom. The van der Waals surface area contributed by atoms with E-state index in [1.54, 1.807) is 0 Å². The third-order valence-electron chi connectivity index (χ3n) is 3.40. The van der Waals surface area contributed by atoms with Crippen molar-refractivity contribution < 1.29 is 17.9 Å². The Kier molecular flexibility index (Phi) is 5.45. The molecule has 0 aliphatic rings. The molecule has 0 N–H and O–H groups in total. The first-order chi connectivity index (χ1) is 12.2. The molecule has 2 heterocycles. The maximum Gasteiger partial charge on any atom is 0.389 e. The van der Waals surface area contributed by atoms with Gasteiger partial charge in [-0.25, -0.2) is 9.97 Å². The van der Waals surface area contributed by atoms with Crippen molar-refractivity contribution in [3.63, 3.8) is 0 Å². The summed E-state index contributed by atoms with van der Waals surface area (Å²) in [6.45, 7) is 0.0114. The van der Waals surface area contributed by atoms with Gasteiger partial charge in [-0.2, -0.15) is 18.3 Å². The van der Waals surface area contributed by atoms with E-state index in [1.807, 2.05) is 0 Å². The van der Waals surface area contributed by atoms with Gasteiger partial charge in [0.15, 0.2) is 5.75 Å². The van der Waals surface area contributed by atoms with Gasteiger partial charge < -0.3 is 4.74 Å². The molecular formula is C15H10Cl3F3N4O. The number of rotatable bonds is 5. The van der Waals surface area contributed by atoms with Crippen molar-refractivity contribution in [1.82, 2.24) is 19.7 Å². The first kappa shape index (κ1) is 19.0. The molecule has 0 aliphatic carbocycles. The van der Waals surface area contributed by atoms with E-state index in [-0.39, 0.29) is 29.7 Å².